The Labute approximate surface area is 190 Å². The summed E-state index contributed by atoms with van der Waals surface area (Å²) in [6.45, 7) is 20.4. The van der Waals surface area contributed by atoms with E-state index in [9.17, 15) is 0 Å². The fourth-order valence-electron chi connectivity index (χ4n) is 4.18. The lowest BCUT2D eigenvalue weighted by Gasteiger charge is -2.43. The maximum atomic E-state index is 6.75. The van der Waals surface area contributed by atoms with E-state index in [1.807, 2.05) is 0 Å². The molecule has 0 fully saturated rings. The summed E-state index contributed by atoms with van der Waals surface area (Å²) in [4.78, 5) is 0. The third kappa shape index (κ3) is 9.01. The zero-order valence-corrected chi connectivity index (χ0v) is 22.9. The molecule has 1 nitrogen and oxygen atoms in total. The van der Waals surface area contributed by atoms with Gasteiger partial charge in [0.25, 0.3) is 0 Å². The minimum Gasteiger partial charge on any atom is -0.399 e. The fraction of sp³-hybridized carbons (Fsp3) is 0.680. The number of terminal acetylenes is 1. The molecule has 0 rings (SSSR count). The second kappa shape index (κ2) is 13.8. The molecule has 0 saturated heterocycles. The van der Waals surface area contributed by atoms with Crippen molar-refractivity contribution in [3.63, 3.8) is 0 Å². The van der Waals surface area contributed by atoms with Crippen molar-refractivity contribution in [2.75, 3.05) is 0 Å². The van der Waals surface area contributed by atoms with Crippen LogP contribution in [0, 0.1) is 12.3 Å². The highest BCUT2D eigenvalue weighted by atomic mass is 127. The third-order valence-corrected chi connectivity index (χ3v) is 12.9. The van der Waals surface area contributed by atoms with Gasteiger partial charge in [-0.2, -0.15) is 0 Å². The van der Waals surface area contributed by atoms with E-state index in [1.165, 1.54) is 16.7 Å². The monoisotopic (exact) mass is 514 g/mol. The summed E-state index contributed by atoms with van der Waals surface area (Å²) in [6.07, 6.45) is 14.6. The van der Waals surface area contributed by atoms with Gasteiger partial charge < -0.3 is 4.43 Å². The second-order valence-corrected chi connectivity index (χ2v) is 15.1. The number of hydrogen-bond donors (Lipinski definition) is 0. The predicted octanol–water partition coefficient (Wildman–Crippen LogP) is 8.97. The van der Waals surface area contributed by atoms with Crippen LogP contribution in [-0.2, 0) is 4.43 Å². The maximum Gasteiger partial charge on any atom is 0.202 e. The van der Waals surface area contributed by atoms with E-state index in [2.05, 4.69) is 107 Å². The van der Waals surface area contributed by atoms with Crippen molar-refractivity contribution < 1.29 is 4.43 Å². The maximum absolute atomic E-state index is 6.75. The Morgan fingerprint density at radius 1 is 0.893 bits per heavy atom. The van der Waals surface area contributed by atoms with Crippen LogP contribution in [0.5, 0.6) is 0 Å². The Bertz CT molecular complexity index is 568. The summed E-state index contributed by atoms with van der Waals surface area (Å²) >= 11 is 2.32. The van der Waals surface area contributed by atoms with E-state index in [-0.39, 0.29) is 6.10 Å². The second-order valence-electron chi connectivity index (χ2n) is 9.08. The minimum absolute atomic E-state index is 0.208. The van der Waals surface area contributed by atoms with Crippen LogP contribution < -0.4 is 0 Å². The smallest absolute Gasteiger partial charge is 0.202 e. The average Bonchev–Trinajstić information content (AvgIpc) is 2.61. The lowest BCUT2D eigenvalue weighted by atomic mass is 10.0. The van der Waals surface area contributed by atoms with Crippen molar-refractivity contribution in [1.29, 1.82) is 0 Å². The van der Waals surface area contributed by atoms with Crippen molar-refractivity contribution >= 4 is 30.9 Å². The molecule has 0 saturated carbocycles. The van der Waals surface area contributed by atoms with Crippen molar-refractivity contribution in [3.05, 3.63) is 33.0 Å². The molecule has 0 radical (unpaired) electrons. The molecule has 0 aliphatic carbocycles. The molecule has 1 unspecified atom stereocenters. The molecule has 0 aliphatic rings. The molecular weight excluding hydrogens is 471 g/mol. The van der Waals surface area contributed by atoms with E-state index in [1.54, 1.807) is 0 Å². The Hall–Kier alpha value is -0.313. The van der Waals surface area contributed by atoms with E-state index < -0.39 is 8.32 Å². The van der Waals surface area contributed by atoms with Gasteiger partial charge in [0.2, 0.25) is 8.32 Å². The Balaban J connectivity index is 5.03. The summed E-state index contributed by atoms with van der Waals surface area (Å²) in [7, 11) is -1.96. The van der Waals surface area contributed by atoms with E-state index in [0.717, 1.165) is 25.7 Å². The molecule has 160 valence electrons. The molecule has 0 aromatic rings. The molecular formula is C25H43IOSi. The van der Waals surface area contributed by atoms with Gasteiger partial charge >= 0.3 is 0 Å². The zero-order valence-electron chi connectivity index (χ0n) is 19.7. The van der Waals surface area contributed by atoms with Crippen LogP contribution in [0.15, 0.2) is 33.0 Å². The molecule has 3 heteroatoms. The number of halogens is 1. The first kappa shape index (κ1) is 27.7. The van der Waals surface area contributed by atoms with Gasteiger partial charge in [-0.15, -0.1) is 6.42 Å². The summed E-state index contributed by atoms with van der Waals surface area (Å²) in [5, 5.41) is 0. The SMILES string of the molecule is C#CC(/C=C(\C)CC/C=C(\C)CC/C(C)=C/I)O[Si](C(C)C)(C(C)C)C(C)C. The fourth-order valence-corrected chi connectivity index (χ4v) is 9.89. The summed E-state index contributed by atoms with van der Waals surface area (Å²) in [5.41, 5.74) is 5.88. The van der Waals surface area contributed by atoms with E-state index in [0.29, 0.717) is 16.6 Å². The highest BCUT2D eigenvalue weighted by Crippen LogP contribution is 2.43. The molecule has 0 bridgehead atoms. The predicted molar refractivity (Wildman–Crippen MR) is 139 cm³/mol. The first-order valence-corrected chi connectivity index (χ1v) is 14.1. The molecule has 0 heterocycles. The van der Waals surface area contributed by atoms with Crippen LogP contribution in [0.25, 0.3) is 0 Å². The topological polar surface area (TPSA) is 9.23 Å². The molecule has 0 spiro atoms. The van der Waals surface area contributed by atoms with Crippen LogP contribution >= 0.6 is 22.6 Å². The Kier molecular flexibility index (Phi) is 13.7. The van der Waals surface area contributed by atoms with Crippen molar-refractivity contribution in [1.82, 2.24) is 0 Å². The Morgan fingerprint density at radius 2 is 1.39 bits per heavy atom. The van der Waals surface area contributed by atoms with Crippen LogP contribution in [0.3, 0.4) is 0 Å². The van der Waals surface area contributed by atoms with Crippen molar-refractivity contribution in [2.24, 2.45) is 0 Å². The van der Waals surface area contributed by atoms with Crippen LogP contribution in [0.2, 0.25) is 16.6 Å². The summed E-state index contributed by atoms with van der Waals surface area (Å²) in [6, 6.07) is 0. The molecule has 0 aliphatic heterocycles. The van der Waals surface area contributed by atoms with Gasteiger partial charge in [0, 0.05) is 0 Å². The number of hydrogen-bond acceptors (Lipinski definition) is 1. The number of allylic oxidation sites excluding steroid dienone is 4. The highest BCUT2D eigenvalue weighted by molar-refractivity contribution is 14.1. The van der Waals surface area contributed by atoms with Gasteiger partial charge in [-0.1, -0.05) is 92.8 Å². The first-order valence-electron chi connectivity index (χ1n) is 10.7. The molecule has 0 aromatic heterocycles. The van der Waals surface area contributed by atoms with Crippen molar-refractivity contribution in [2.45, 2.75) is 111 Å². The van der Waals surface area contributed by atoms with Gasteiger partial charge in [0.1, 0.15) is 6.10 Å². The minimum atomic E-state index is -1.96. The van der Waals surface area contributed by atoms with Crippen LogP contribution in [0.1, 0.15) is 88.0 Å². The van der Waals surface area contributed by atoms with Gasteiger partial charge in [-0.25, -0.2) is 0 Å². The summed E-state index contributed by atoms with van der Waals surface area (Å²) in [5.74, 6) is 2.90. The van der Waals surface area contributed by atoms with Crippen LogP contribution in [0.4, 0.5) is 0 Å². The molecule has 0 aromatic carbocycles. The third-order valence-electron chi connectivity index (χ3n) is 5.77. The molecule has 0 amide bonds. The van der Waals surface area contributed by atoms with Crippen molar-refractivity contribution in [3.8, 4) is 12.3 Å². The number of rotatable bonds is 12. The largest absolute Gasteiger partial charge is 0.399 e. The summed E-state index contributed by atoms with van der Waals surface area (Å²) < 4.78 is 8.92. The zero-order chi connectivity index (χ0) is 21.9. The lowest BCUT2D eigenvalue weighted by molar-refractivity contribution is 0.264. The van der Waals surface area contributed by atoms with Gasteiger partial charge in [-0.05, 0) is 73.2 Å². The van der Waals surface area contributed by atoms with Gasteiger partial charge in [0.15, 0.2) is 0 Å². The van der Waals surface area contributed by atoms with Gasteiger partial charge in [0.05, 0.1) is 0 Å². The van der Waals surface area contributed by atoms with Crippen LogP contribution in [-0.4, -0.2) is 14.4 Å². The molecule has 0 N–H and O–H groups in total. The normalized spacial score (nSPS) is 15.5. The quantitative estimate of drug-likeness (QED) is 0.109. The van der Waals surface area contributed by atoms with Gasteiger partial charge in [-0.3, -0.25) is 0 Å². The average molecular weight is 515 g/mol. The van der Waals surface area contributed by atoms with E-state index >= 15 is 0 Å². The molecule has 28 heavy (non-hydrogen) atoms. The standard InChI is InChI=1S/C25H43IOSi/c1-11-25(27-28(19(2)3,20(4)5)21(6)7)17-23(9)14-12-13-22(8)15-16-24(10)18-26/h1,13,17-21,25H,12,14-16H2,2-10H3/b22-13+,23-17+,24-18+. The first-order chi connectivity index (χ1) is 13.0. The Morgan fingerprint density at radius 3 is 1.82 bits per heavy atom. The molecule has 1 atom stereocenters. The lowest BCUT2D eigenvalue weighted by Crippen LogP contribution is -2.49. The highest BCUT2D eigenvalue weighted by Gasteiger charge is 2.46. The van der Waals surface area contributed by atoms with E-state index in [4.69, 9.17) is 10.8 Å².